The standard InChI is InChI=1S/C29H39N3O5/c1-29(2)36-21-24-19-23(13-14-27(24)37-29)26(33)20-31-15-6-4-8-17-35-16-7-3-5-10-22-11-9-12-25(18-22)32-28(30)34/h9,11-14,18-19,26,31,33H,3-4,6-8,15-17,20-21H2,1-2H3,(H3,30,32,34)/t26-/m1/s1. The molecule has 0 saturated heterocycles. The number of amides is 2. The van der Waals surface area contributed by atoms with Crippen molar-refractivity contribution in [1.29, 1.82) is 0 Å². The summed E-state index contributed by atoms with van der Waals surface area (Å²) in [5, 5.41) is 16.4. The Hall–Kier alpha value is -3.09. The van der Waals surface area contributed by atoms with Crippen LogP contribution in [-0.2, 0) is 16.1 Å². The van der Waals surface area contributed by atoms with Gasteiger partial charge in [0.15, 0.2) is 0 Å². The monoisotopic (exact) mass is 509 g/mol. The molecule has 0 fully saturated rings. The number of carbonyl (C=O) groups is 1. The van der Waals surface area contributed by atoms with Crippen molar-refractivity contribution in [3.8, 4) is 17.6 Å². The van der Waals surface area contributed by atoms with Gasteiger partial charge in [-0.05, 0) is 68.1 Å². The number of unbranched alkanes of at least 4 members (excludes halogenated alkanes) is 3. The summed E-state index contributed by atoms with van der Waals surface area (Å²) in [6, 6.07) is 12.5. The number of aliphatic hydroxyl groups is 1. The smallest absolute Gasteiger partial charge is 0.316 e. The summed E-state index contributed by atoms with van der Waals surface area (Å²) in [6.07, 6.45) is 4.18. The van der Waals surface area contributed by atoms with Gasteiger partial charge in [0, 0.05) is 56.8 Å². The molecule has 2 aromatic carbocycles. The van der Waals surface area contributed by atoms with E-state index in [0.717, 1.165) is 67.7 Å². The highest BCUT2D eigenvalue weighted by Gasteiger charge is 2.27. The van der Waals surface area contributed by atoms with Gasteiger partial charge in [-0.2, -0.15) is 0 Å². The van der Waals surface area contributed by atoms with Gasteiger partial charge in [-0.3, -0.25) is 0 Å². The molecular formula is C29H39N3O5. The predicted octanol–water partition coefficient (Wildman–Crippen LogP) is 4.46. The summed E-state index contributed by atoms with van der Waals surface area (Å²) >= 11 is 0. The van der Waals surface area contributed by atoms with Gasteiger partial charge in [-0.15, -0.1) is 0 Å². The van der Waals surface area contributed by atoms with E-state index in [1.165, 1.54) is 0 Å². The zero-order valence-electron chi connectivity index (χ0n) is 21.8. The maximum Gasteiger partial charge on any atom is 0.316 e. The highest BCUT2D eigenvalue weighted by molar-refractivity contribution is 5.87. The van der Waals surface area contributed by atoms with Gasteiger partial charge in [-0.1, -0.05) is 24.0 Å². The highest BCUT2D eigenvalue weighted by Crippen LogP contribution is 2.32. The number of carbonyl (C=O) groups excluding carboxylic acids is 1. The number of aliphatic hydroxyl groups excluding tert-OH is 1. The lowest BCUT2D eigenvalue weighted by Crippen LogP contribution is -2.35. The van der Waals surface area contributed by atoms with Crippen LogP contribution in [0.3, 0.4) is 0 Å². The molecule has 1 heterocycles. The second-order valence-corrected chi connectivity index (χ2v) is 9.53. The lowest BCUT2D eigenvalue weighted by atomic mass is 10.0. The van der Waals surface area contributed by atoms with Crippen LogP contribution in [-0.4, -0.2) is 43.2 Å². The lowest BCUT2D eigenvalue weighted by molar-refractivity contribution is -0.180. The fourth-order valence-electron chi connectivity index (χ4n) is 3.90. The third-order valence-electron chi connectivity index (χ3n) is 5.83. The normalized spacial score (nSPS) is 14.6. The van der Waals surface area contributed by atoms with Crippen molar-refractivity contribution < 1.29 is 24.1 Å². The number of nitrogens with two attached hydrogens (primary N) is 1. The molecule has 8 nitrogen and oxygen atoms in total. The first-order valence-corrected chi connectivity index (χ1v) is 12.9. The van der Waals surface area contributed by atoms with Crippen LogP contribution in [0.2, 0.25) is 0 Å². The van der Waals surface area contributed by atoms with Crippen molar-refractivity contribution in [3.63, 3.8) is 0 Å². The summed E-state index contributed by atoms with van der Waals surface area (Å²) in [5.41, 5.74) is 8.44. The molecular weight excluding hydrogens is 470 g/mol. The number of fused-ring (bicyclic) bond motifs is 1. The molecule has 0 bridgehead atoms. The van der Waals surface area contributed by atoms with Crippen LogP contribution in [0.15, 0.2) is 42.5 Å². The number of anilines is 1. The van der Waals surface area contributed by atoms with E-state index in [0.29, 0.717) is 25.4 Å². The summed E-state index contributed by atoms with van der Waals surface area (Å²) < 4.78 is 17.2. The van der Waals surface area contributed by atoms with Crippen molar-refractivity contribution in [3.05, 3.63) is 59.2 Å². The number of primary amides is 1. The maximum absolute atomic E-state index is 10.9. The first-order chi connectivity index (χ1) is 17.8. The SMILES string of the molecule is CC1(C)OCc2cc([C@H](O)CNCCCCCOCCCC#Cc3cccc(NC(N)=O)c3)ccc2O1. The van der Waals surface area contributed by atoms with Gasteiger partial charge in [-0.25, -0.2) is 4.79 Å². The first-order valence-electron chi connectivity index (χ1n) is 12.9. The minimum atomic E-state index is -0.615. The third kappa shape index (κ3) is 10.4. The van der Waals surface area contributed by atoms with E-state index in [-0.39, 0.29) is 0 Å². The fraction of sp³-hybridized carbons (Fsp3) is 0.483. The van der Waals surface area contributed by atoms with E-state index in [4.69, 9.17) is 19.9 Å². The van der Waals surface area contributed by atoms with E-state index >= 15 is 0 Å². The Labute approximate surface area is 219 Å². The van der Waals surface area contributed by atoms with Gasteiger partial charge in [0.2, 0.25) is 5.79 Å². The molecule has 0 aliphatic carbocycles. The van der Waals surface area contributed by atoms with E-state index in [2.05, 4.69) is 22.5 Å². The van der Waals surface area contributed by atoms with Gasteiger partial charge in [0.05, 0.1) is 12.7 Å². The van der Waals surface area contributed by atoms with Gasteiger partial charge >= 0.3 is 6.03 Å². The molecule has 8 heteroatoms. The molecule has 5 N–H and O–H groups in total. The molecule has 0 unspecified atom stereocenters. The van der Waals surface area contributed by atoms with Gasteiger partial charge in [0.25, 0.3) is 0 Å². The topological polar surface area (TPSA) is 115 Å². The minimum Gasteiger partial charge on any atom is -0.463 e. The lowest BCUT2D eigenvalue weighted by Gasteiger charge is -2.33. The number of urea groups is 1. The summed E-state index contributed by atoms with van der Waals surface area (Å²) in [7, 11) is 0. The van der Waals surface area contributed by atoms with Crippen molar-refractivity contribution in [2.24, 2.45) is 5.73 Å². The zero-order chi connectivity index (χ0) is 26.5. The Morgan fingerprint density at radius 3 is 2.84 bits per heavy atom. The molecule has 0 saturated carbocycles. The van der Waals surface area contributed by atoms with Crippen molar-refractivity contribution in [1.82, 2.24) is 5.32 Å². The predicted molar refractivity (Wildman–Crippen MR) is 144 cm³/mol. The quantitative estimate of drug-likeness (QED) is 0.234. The molecule has 2 aromatic rings. The van der Waals surface area contributed by atoms with Gasteiger partial charge in [0.1, 0.15) is 5.75 Å². The average molecular weight is 510 g/mol. The summed E-state index contributed by atoms with van der Waals surface area (Å²) in [4.78, 5) is 10.9. The van der Waals surface area contributed by atoms with E-state index in [1.807, 2.05) is 44.2 Å². The number of ether oxygens (including phenoxy) is 3. The number of nitrogens with one attached hydrogen (secondary N) is 2. The van der Waals surface area contributed by atoms with Crippen molar-refractivity contribution >= 4 is 11.7 Å². The summed E-state index contributed by atoms with van der Waals surface area (Å²) in [6.45, 7) is 7.07. The summed E-state index contributed by atoms with van der Waals surface area (Å²) in [5.74, 6) is 6.42. The Bertz CT molecular complexity index is 1080. The average Bonchev–Trinajstić information content (AvgIpc) is 2.85. The molecule has 0 radical (unpaired) electrons. The minimum absolute atomic E-state index is 0.484. The zero-order valence-corrected chi connectivity index (χ0v) is 21.8. The van der Waals surface area contributed by atoms with E-state index in [9.17, 15) is 9.90 Å². The number of rotatable bonds is 13. The van der Waals surface area contributed by atoms with Crippen LogP contribution in [0.1, 0.15) is 68.7 Å². The highest BCUT2D eigenvalue weighted by atomic mass is 16.7. The Kier molecular flexibility index (Phi) is 11.2. The molecule has 37 heavy (non-hydrogen) atoms. The number of hydrogen-bond donors (Lipinski definition) is 4. The second-order valence-electron chi connectivity index (χ2n) is 9.53. The second kappa shape index (κ2) is 14.6. The van der Waals surface area contributed by atoms with Crippen molar-refractivity contribution in [2.45, 2.75) is 64.4 Å². The van der Waals surface area contributed by atoms with Crippen LogP contribution < -0.4 is 21.1 Å². The molecule has 1 atom stereocenters. The Morgan fingerprint density at radius 2 is 2.00 bits per heavy atom. The molecule has 0 spiro atoms. The van der Waals surface area contributed by atoms with Crippen LogP contribution in [0, 0.1) is 11.8 Å². The Morgan fingerprint density at radius 1 is 1.16 bits per heavy atom. The van der Waals surface area contributed by atoms with Crippen molar-refractivity contribution in [2.75, 3.05) is 31.6 Å². The van der Waals surface area contributed by atoms with E-state index < -0.39 is 17.9 Å². The Balaban J connectivity index is 1.18. The van der Waals surface area contributed by atoms with E-state index in [1.54, 1.807) is 12.1 Å². The molecule has 1 aliphatic heterocycles. The van der Waals surface area contributed by atoms with Gasteiger partial charge < -0.3 is 35.7 Å². The van der Waals surface area contributed by atoms with Crippen LogP contribution in [0.25, 0.3) is 0 Å². The molecule has 0 aromatic heterocycles. The maximum atomic E-state index is 10.9. The molecule has 2 amide bonds. The number of benzene rings is 2. The third-order valence-corrected chi connectivity index (χ3v) is 5.83. The molecule has 200 valence electrons. The van der Waals surface area contributed by atoms with Crippen LogP contribution in [0.4, 0.5) is 10.5 Å². The van der Waals surface area contributed by atoms with Crippen LogP contribution in [0.5, 0.6) is 5.75 Å². The molecule has 1 aliphatic rings. The van der Waals surface area contributed by atoms with Crippen LogP contribution >= 0.6 is 0 Å². The fourth-order valence-corrected chi connectivity index (χ4v) is 3.90. The first kappa shape index (κ1) is 28.5. The largest absolute Gasteiger partial charge is 0.463 e. The number of hydrogen-bond acceptors (Lipinski definition) is 6. The molecule has 3 rings (SSSR count).